The van der Waals surface area contributed by atoms with Gasteiger partial charge in [0, 0.05) is 24.2 Å². The van der Waals surface area contributed by atoms with E-state index in [1.165, 1.54) is 36.9 Å². The smallest absolute Gasteiger partial charge is 0.119 e. The minimum Gasteiger partial charge on any atom is -0.497 e. The number of hydrogen-bond donors (Lipinski definition) is 0. The van der Waals surface area contributed by atoms with Crippen molar-refractivity contribution in [1.29, 1.82) is 0 Å². The molecule has 0 spiro atoms. The summed E-state index contributed by atoms with van der Waals surface area (Å²) in [5.41, 5.74) is 2.45. The van der Waals surface area contributed by atoms with Gasteiger partial charge in [-0.3, -0.25) is 9.88 Å². The van der Waals surface area contributed by atoms with E-state index in [0.29, 0.717) is 12.0 Å². The summed E-state index contributed by atoms with van der Waals surface area (Å²) in [5.74, 6) is 2.42. The van der Waals surface area contributed by atoms with Gasteiger partial charge in [-0.15, -0.1) is 6.58 Å². The van der Waals surface area contributed by atoms with Crippen LogP contribution in [0.15, 0.2) is 43.1 Å². The maximum Gasteiger partial charge on any atom is 0.119 e. The fourth-order valence-corrected chi connectivity index (χ4v) is 4.40. The van der Waals surface area contributed by atoms with Gasteiger partial charge in [0.25, 0.3) is 0 Å². The fourth-order valence-electron chi connectivity index (χ4n) is 4.40. The number of methoxy groups -OCH3 is 1. The lowest BCUT2D eigenvalue weighted by molar-refractivity contribution is 0.0196. The Labute approximate surface area is 138 Å². The molecule has 5 rings (SSSR count). The SMILES string of the molecule is C=CC1CN2CCC1C[C@H]2Cc1ccnc2ccc(OC)cc12. The molecule has 3 saturated heterocycles. The summed E-state index contributed by atoms with van der Waals surface area (Å²) in [6.45, 7) is 6.45. The molecular formula is C20H24N2O. The van der Waals surface area contributed by atoms with Crippen LogP contribution in [0.2, 0.25) is 0 Å². The van der Waals surface area contributed by atoms with Gasteiger partial charge in [-0.05, 0) is 67.5 Å². The Morgan fingerprint density at radius 2 is 2.30 bits per heavy atom. The van der Waals surface area contributed by atoms with Crippen LogP contribution in [-0.4, -0.2) is 36.1 Å². The summed E-state index contributed by atoms with van der Waals surface area (Å²) in [7, 11) is 1.72. The lowest BCUT2D eigenvalue weighted by Gasteiger charge is -2.49. The van der Waals surface area contributed by atoms with Gasteiger partial charge in [0.2, 0.25) is 0 Å². The van der Waals surface area contributed by atoms with Gasteiger partial charge in [0.15, 0.2) is 0 Å². The number of piperidine rings is 3. The molecule has 4 heterocycles. The number of aromatic nitrogens is 1. The third-order valence-electron chi connectivity index (χ3n) is 5.73. The van der Waals surface area contributed by atoms with E-state index >= 15 is 0 Å². The molecule has 0 N–H and O–H groups in total. The molecule has 0 amide bonds. The van der Waals surface area contributed by atoms with Crippen molar-refractivity contribution >= 4 is 10.9 Å². The number of hydrogen-bond acceptors (Lipinski definition) is 3. The molecule has 3 unspecified atom stereocenters. The van der Waals surface area contributed by atoms with Crippen LogP contribution < -0.4 is 4.74 Å². The summed E-state index contributed by atoms with van der Waals surface area (Å²) in [6.07, 6.45) is 7.84. The molecule has 2 aromatic rings. The number of ether oxygens (including phenoxy) is 1. The van der Waals surface area contributed by atoms with Crippen LogP contribution in [0.25, 0.3) is 10.9 Å². The predicted molar refractivity (Wildman–Crippen MR) is 93.8 cm³/mol. The molecule has 0 saturated carbocycles. The van der Waals surface area contributed by atoms with Crippen LogP contribution in [0.3, 0.4) is 0 Å². The molecule has 0 aliphatic carbocycles. The van der Waals surface area contributed by atoms with Crippen molar-refractivity contribution in [3.05, 3.63) is 48.7 Å². The summed E-state index contributed by atoms with van der Waals surface area (Å²) >= 11 is 0. The highest BCUT2D eigenvalue weighted by molar-refractivity contribution is 5.83. The normalized spacial score (nSPS) is 29.6. The first-order valence-corrected chi connectivity index (χ1v) is 8.56. The predicted octanol–water partition coefficient (Wildman–Crippen LogP) is 3.68. The van der Waals surface area contributed by atoms with Crippen LogP contribution >= 0.6 is 0 Å². The molecule has 3 nitrogen and oxygen atoms in total. The lowest BCUT2D eigenvalue weighted by Crippen LogP contribution is -2.53. The van der Waals surface area contributed by atoms with Gasteiger partial charge in [-0.1, -0.05) is 6.08 Å². The zero-order valence-corrected chi connectivity index (χ0v) is 13.7. The second kappa shape index (κ2) is 5.97. The van der Waals surface area contributed by atoms with Crippen molar-refractivity contribution in [1.82, 2.24) is 9.88 Å². The first kappa shape index (κ1) is 14.7. The first-order chi connectivity index (χ1) is 11.3. The Hall–Kier alpha value is -1.87. The summed E-state index contributed by atoms with van der Waals surface area (Å²) < 4.78 is 5.40. The minimum atomic E-state index is 0.654. The zero-order chi connectivity index (χ0) is 15.8. The van der Waals surface area contributed by atoms with E-state index in [9.17, 15) is 0 Å². The van der Waals surface area contributed by atoms with Gasteiger partial charge in [0.1, 0.15) is 5.75 Å². The molecule has 1 aromatic heterocycles. The van der Waals surface area contributed by atoms with E-state index in [0.717, 1.165) is 23.6 Å². The van der Waals surface area contributed by atoms with Crippen molar-refractivity contribution in [2.75, 3.05) is 20.2 Å². The van der Waals surface area contributed by atoms with Gasteiger partial charge >= 0.3 is 0 Å². The van der Waals surface area contributed by atoms with Gasteiger partial charge in [0.05, 0.1) is 12.6 Å². The Balaban J connectivity index is 1.62. The van der Waals surface area contributed by atoms with Crippen molar-refractivity contribution < 1.29 is 4.74 Å². The van der Waals surface area contributed by atoms with Crippen molar-refractivity contribution in [2.24, 2.45) is 11.8 Å². The molecule has 3 aliphatic rings. The molecule has 120 valence electrons. The van der Waals surface area contributed by atoms with Crippen molar-refractivity contribution in [3.8, 4) is 5.75 Å². The maximum absolute atomic E-state index is 5.40. The molecule has 4 atom stereocenters. The van der Waals surface area contributed by atoms with Crippen molar-refractivity contribution in [2.45, 2.75) is 25.3 Å². The highest BCUT2D eigenvalue weighted by Crippen LogP contribution is 2.38. The third kappa shape index (κ3) is 2.63. The molecule has 3 fully saturated rings. The number of pyridine rings is 1. The fraction of sp³-hybridized carbons (Fsp3) is 0.450. The average Bonchev–Trinajstić information content (AvgIpc) is 2.62. The largest absolute Gasteiger partial charge is 0.497 e. The molecule has 3 heteroatoms. The second-order valence-electron chi connectivity index (χ2n) is 6.89. The number of fused-ring (bicyclic) bond motifs is 4. The summed E-state index contributed by atoms with van der Waals surface area (Å²) in [5, 5.41) is 1.23. The van der Waals surface area contributed by atoms with E-state index in [2.05, 4.69) is 40.7 Å². The van der Waals surface area contributed by atoms with Crippen LogP contribution in [-0.2, 0) is 6.42 Å². The number of rotatable bonds is 4. The zero-order valence-electron chi connectivity index (χ0n) is 13.7. The van der Waals surface area contributed by atoms with E-state index < -0.39 is 0 Å². The third-order valence-corrected chi connectivity index (χ3v) is 5.73. The van der Waals surface area contributed by atoms with E-state index in [1.54, 1.807) is 7.11 Å². The van der Waals surface area contributed by atoms with E-state index in [1.807, 2.05) is 12.3 Å². The molecule has 0 radical (unpaired) electrons. The van der Waals surface area contributed by atoms with Gasteiger partial charge in [-0.2, -0.15) is 0 Å². The van der Waals surface area contributed by atoms with Crippen LogP contribution in [0.5, 0.6) is 5.75 Å². The van der Waals surface area contributed by atoms with Crippen molar-refractivity contribution in [3.63, 3.8) is 0 Å². The highest BCUT2D eigenvalue weighted by atomic mass is 16.5. The van der Waals surface area contributed by atoms with E-state index in [-0.39, 0.29) is 0 Å². The van der Waals surface area contributed by atoms with Gasteiger partial charge in [-0.25, -0.2) is 0 Å². The Morgan fingerprint density at radius 1 is 1.39 bits per heavy atom. The maximum atomic E-state index is 5.40. The topological polar surface area (TPSA) is 25.4 Å². The summed E-state index contributed by atoms with van der Waals surface area (Å²) in [6, 6.07) is 9.00. The van der Waals surface area contributed by atoms with Gasteiger partial charge < -0.3 is 4.74 Å². The Morgan fingerprint density at radius 3 is 3.04 bits per heavy atom. The monoisotopic (exact) mass is 308 g/mol. The Kier molecular flexibility index (Phi) is 3.82. The van der Waals surface area contributed by atoms with Crippen LogP contribution in [0, 0.1) is 11.8 Å². The first-order valence-electron chi connectivity index (χ1n) is 8.56. The highest BCUT2D eigenvalue weighted by Gasteiger charge is 2.38. The summed E-state index contributed by atoms with van der Waals surface area (Å²) in [4.78, 5) is 7.17. The molecule has 2 bridgehead atoms. The van der Waals surface area contributed by atoms with Crippen LogP contribution in [0.4, 0.5) is 0 Å². The van der Waals surface area contributed by atoms with Crippen LogP contribution in [0.1, 0.15) is 18.4 Å². The average molecular weight is 308 g/mol. The quantitative estimate of drug-likeness (QED) is 0.806. The number of nitrogens with zero attached hydrogens (tertiary/aromatic N) is 2. The minimum absolute atomic E-state index is 0.654. The molecule has 23 heavy (non-hydrogen) atoms. The molecule has 3 aliphatic heterocycles. The van der Waals surface area contributed by atoms with E-state index in [4.69, 9.17) is 4.74 Å². The lowest BCUT2D eigenvalue weighted by atomic mass is 9.74. The standard InChI is InChI=1S/C20H24N2O/c1-3-14-13-22-9-7-15(14)10-17(22)11-16-6-8-21-20-5-4-18(23-2)12-19(16)20/h3-6,8,12,14-15,17H,1,7,9-11,13H2,2H3/t14?,15?,17-/m0/s1. The molecule has 1 aromatic carbocycles. The molecular weight excluding hydrogens is 284 g/mol. The second-order valence-corrected chi connectivity index (χ2v) is 6.89. The Bertz CT molecular complexity index is 727. The number of benzene rings is 1.